The second-order valence-corrected chi connectivity index (χ2v) is 8.07. The Bertz CT molecular complexity index is 835. The van der Waals surface area contributed by atoms with E-state index in [0.717, 1.165) is 43.4 Å². The summed E-state index contributed by atoms with van der Waals surface area (Å²) in [6, 6.07) is 8.42. The summed E-state index contributed by atoms with van der Waals surface area (Å²) in [4.78, 5) is 11.5. The number of aliphatic hydroxyl groups is 1. The van der Waals surface area contributed by atoms with Gasteiger partial charge < -0.3 is 14.6 Å². The molecule has 28 heavy (non-hydrogen) atoms. The topological polar surface area (TPSA) is 86.5 Å². The summed E-state index contributed by atoms with van der Waals surface area (Å²) >= 11 is 0. The molecule has 1 aromatic carbocycles. The van der Waals surface area contributed by atoms with Crippen molar-refractivity contribution in [3.8, 4) is 11.3 Å². The van der Waals surface area contributed by atoms with Gasteiger partial charge in [0.05, 0.1) is 31.6 Å². The largest absolute Gasteiger partial charge is 0.469 e. The predicted octanol–water partition coefficient (Wildman–Crippen LogP) is 2.51. The van der Waals surface area contributed by atoms with Gasteiger partial charge in [-0.15, -0.1) is 5.10 Å². The highest BCUT2D eigenvalue weighted by Gasteiger charge is 2.50. The molecule has 3 aliphatic rings. The molecule has 0 unspecified atom stereocenters. The lowest BCUT2D eigenvalue weighted by atomic mass is 9.62. The van der Waals surface area contributed by atoms with Gasteiger partial charge in [-0.3, -0.25) is 4.79 Å². The van der Waals surface area contributed by atoms with Crippen LogP contribution in [0.1, 0.15) is 49.8 Å². The Balaban J connectivity index is 1.48. The third-order valence-electron chi connectivity index (χ3n) is 6.65. The summed E-state index contributed by atoms with van der Waals surface area (Å²) in [6.45, 7) is 0.604. The summed E-state index contributed by atoms with van der Waals surface area (Å²) in [5.41, 5.74) is 3.56. The highest BCUT2D eigenvalue weighted by molar-refractivity contribution is 5.69. The van der Waals surface area contributed by atoms with E-state index < -0.39 is 0 Å². The number of methoxy groups -OCH3 is 1. The van der Waals surface area contributed by atoms with Gasteiger partial charge >= 0.3 is 5.97 Å². The molecule has 2 aromatic rings. The third-order valence-corrected chi connectivity index (χ3v) is 6.65. The number of ether oxygens (including phenoxy) is 2. The lowest BCUT2D eigenvalue weighted by molar-refractivity contribution is -0.166. The molecule has 5 rings (SSSR count). The molecule has 1 aliphatic carbocycles. The predicted molar refractivity (Wildman–Crippen MR) is 102 cm³/mol. The number of esters is 1. The maximum atomic E-state index is 11.5. The lowest BCUT2D eigenvalue weighted by Gasteiger charge is -2.53. The summed E-state index contributed by atoms with van der Waals surface area (Å²) in [5.74, 6) is -0.165. The van der Waals surface area contributed by atoms with Gasteiger partial charge in [0.15, 0.2) is 0 Å². The SMILES string of the molecule is COC(=O)CCC12CCC(c3ccc(-c4nnn(C)c4CO)cc3)(CC1)CO2. The molecule has 0 amide bonds. The molecule has 2 aliphatic heterocycles. The Labute approximate surface area is 164 Å². The van der Waals surface area contributed by atoms with Crippen LogP contribution in [0.15, 0.2) is 24.3 Å². The molecule has 7 heteroatoms. The Morgan fingerprint density at radius 2 is 1.96 bits per heavy atom. The fraction of sp³-hybridized carbons (Fsp3) is 0.571. The molecular weight excluding hydrogens is 358 g/mol. The number of nitrogens with zero attached hydrogens (tertiary/aromatic N) is 3. The second kappa shape index (κ2) is 7.29. The van der Waals surface area contributed by atoms with Crippen LogP contribution < -0.4 is 0 Å². The fourth-order valence-corrected chi connectivity index (χ4v) is 4.65. The lowest BCUT2D eigenvalue weighted by Crippen LogP contribution is -2.53. The number of hydrogen-bond acceptors (Lipinski definition) is 6. The van der Waals surface area contributed by atoms with Crippen molar-refractivity contribution in [1.29, 1.82) is 0 Å². The van der Waals surface area contributed by atoms with Crippen molar-refractivity contribution in [3.63, 3.8) is 0 Å². The van der Waals surface area contributed by atoms with Gasteiger partial charge in [0.25, 0.3) is 0 Å². The number of hydrogen-bond donors (Lipinski definition) is 1. The van der Waals surface area contributed by atoms with Crippen molar-refractivity contribution in [2.75, 3.05) is 13.7 Å². The highest BCUT2D eigenvalue weighted by atomic mass is 16.5. The summed E-state index contributed by atoms with van der Waals surface area (Å²) in [7, 11) is 3.21. The Morgan fingerprint density at radius 3 is 2.54 bits per heavy atom. The molecule has 0 spiro atoms. The van der Waals surface area contributed by atoms with E-state index in [0.29, 0.717) is 18.7 Å². The van der Waals surface area contributed by atoms with Gasteiger partial charge in [-0.05, 0) is 37.7 Å². The molecule has 1 N–H and O–H groups in total. The molecule has 0 atom stereocenters. The number of rotatable bonds is 6. The Morgan fingerprint density at radius 1 is 1.25 bits per heavy atom. The van der Waals surface area contributed by atoms with Crippen LogP contribution in [-0.4, -0.2) is 45.4 Å². The third kappa shape index (κ3) is 3.22. The van der Waals surface area contributed by atoms with Gasteiger partial charge in [0.2, 0.25) is 0 Å². The molecule has 2 bridgehead atoms. The van der Waals surface area contributed by atoms with E-state index in [1.54, 1.807) is 11.7 Å². The summed E-state index contributed by atoms with van der Waals surface area (Å²) < 4.78 is 12.7. The number of aliphatic hydroxyl groups excluding tert-OH is 1. The number of carbonyl (C=O) groups is 1. The minimum atomic E-state index is -0.165. The van der Waals surface area contributed by atoms with Gasteiger partial charge in [0.1, 0.15) is 5.69 Å². The number of aryl methyl sites for hydroxylation is 1. The Kier molecular flexibility index (Phi) is 4.97. The van der Waals surface area contributed by atoms with Crippen LogP contribution in [0.3, 0.4) is 0 Å². The molecule has 0 radical (unpaired) electrons. The van der Waals surface area contributed by atoms with Crippen molar-refractivity contribution in [2.24, 2.45) is 7.05 Å². The zero-order valence-electron chi connectivity index (χ0n) is 16.5. The van der Waals surface area contributed by atoms with Crippen molar-refractivity contribution >= 4 is 5.97 Å². The van der Waals surface area contributed by atoms with E-state index in [-0.39, 0.29) is 23.6 Å². The maximum Gasteiger partial charge on any atom is 0.305 e. The van der Waals surface area contributed by atoms with Crippen LogP contribution in [0.4, 0.5) is 0 Å². The molecule has 3 fully saturated rings. The van der Waals surface area contributed by atoms with E-state index in [2.05, 4.69) is 34.6 Å². The Hall–Kier alpha value is -2.25. The van der Waals surface area contributed by atoms with Crippen LogP contribution >= 0.6 is 0 Å². The first-order chi connectivity index (χ1) is 13.5. The standard InChI is InChI=1S/C21H27N3O4/c1-24-17(13-25)19(22-23-24)15-3-5-16(6-4-15)20-9-11-21(12-10-20,28-14-20)8-7-18(26)27-2/h3-6,25H,7-14H2,1-2H3. The molecular formula is C21H27N3O4. The second-order valence-electron chi connectivity index (χ2n) is 8.07. The molecule has 1 saturated carbocycles. The van der Waals surface area contributed by atoms with E-state index >= 15 is 0 Å². The number of fused-ring (bicyclic) bond motifs is 3. The first kappa shape index (κ1) is 19.1. The zero-order chi connectivity index (χ0) is 19.8. The van der Waals surface area contributed by atoms with Crippen molar-refractivity contribution < 1.29 is 19.4 Å². The first-order valence-electron chi connectivity index (χ1n) is 9.82. The normalized spacial score (nSPS) is 26.4. The van der Waals surface area contributed by atoms with E-state index in [4.69, 9.17) is 9.47 Å². The van der Waals surface area contributed by atoms with Gasteiger partial charge in [-0.25, -0.2) is 4.68 Å². The van der Waals surface area contributed by atoms with Crippen molar-refractivity contribution in [2.45, 2.75) is 56.1 Å². The maximum absolute atomic E-state index is 11.5. The van der Waals surface area contributed by atoms with Gasteiger partial charge in [-0.2, -0.15) is 0 Å². The zero-order valence-corrected chi connectivity index (χ0v) is 16.5. The van der Waals surface area contributed by atoms with E-state index in [1.165, 1.54) is 12.7 Å². The van der Waals surface area contributed by atoms with Crippen LogP contribution in [0.5, 0.6) is 0 Å². The van der Waals surface area contributed by atoms with Crippen molar-refractivity contribution in [3.05, 3.63) is 35.5 Å². The molecule has 1 aromatic heterocycles. The summed E-state index contributed by atoms with van der Waals surface area (Å²) in [5, 5.41) is 17.8. The van der Waals surface area contributed by atoms with E-state index in [1.807, 2.05) is 0 Å². The van der Waals surface area contributed by atoms with Gasteiger partial charge in [0, 0.05) is 24.4 Å². The first-order valence-corrected chi connectivity index (χ1v) is 9.82. The average molecular weight is 385 g/mol. The molecule has 2 saturated heterocycles. The number of benzene rings is 1. The number of carbonyl (C=O) groups excluding carboxylic acids is 1. The minimum absolute atomic E-state index is 0.0493. The monoisotopic (exact) mass is 385 g/mol. The van der Waals surface area contributed by atoms with Gasteiger partial charge in [-0.1, -0.05) is 29.5 Å². The smallest absolute Gasteiger partial charge is 0.305 e. The molecule has 3 heterocycles. The van der Waals surface area contributed by atoms with Crippen LogP contribution in [-0.2, 0) is 33.3 Å². The quantitative estimate of drug-likeness (QED) is 0.769. The minimum Gasteiger partial charge on any atom is -0.469 e. The molecule has 7 nitrogen and oxygen atoms in total. The average Bonchev–Trinajstić information content (AvgIpc) is 3.14. The van der Waals surface area contributed by atoms with Crippen molar-refractivity contribution in [1.82, 2.24) is 15.0 Å². The number of aromatic nitrogens is 3. The summed E-state index contributed by atoms with van der Waals surface area (Å²) in [6.07, 6.45) is 5.26. The van der Waals surface area contributed by atoms with E-state index in [9.17, 15) is 9.90 Å². The molecule has 150 valence electrons. The van der Waals surface area contributed by atoms with Crippen LogP contribution in [0.25, 0.3) is 11.3 Å². The highest BCUT2D eigenvalue weighted by Crippen LogP contribution is 2.52. The van der Waals surface area contributed by atoms with Crippen LogP contribution in [0.2, 0.25) is 0 Å². The van der Waals surface area contributed by atoms with Crippen LogP contribution in [0, 0.1) is 0 Å². The fourth-order valence-electron chi connectivity index (χ4n) is 4.65.